The molecule has 0 amide bonds. The van der Waals surface area contributed by atoms with Crippen LogP contribution in [0.25, 0.3) is 93.6 Å². The third-order valence-electron chi connectivity index (χ3n) is 9.42. The van der Waals surface area contributed by atoms with Gasteiger partial charge >= 0.3 is 0 Å². The molecule has 10 rings (SSSR count). The molecule has 0 N–H and O–H groups in total. The highest BCUT2D eigenvalue weighted by molar-refractivity contribution is 6.23. The van der Waals surface area contributed by atoms with E-state index in [0.717, 1.165) is 93.6 Å². The van der Waals surface area contributed by atoms with Gasteiger partial charge in [0.1, 0.15) is 22.3 Å². The van der Waals surface area contributed by atoms with Crippen molar-refractivity contribution in [3.05, 3.63) is 151 Å². The molecule has 0 aliphatic rings. The van der Waals surface area contributed by atoms with E-state index in [0.29, 0.717) is 5.56 Å². The first-order valence-corrected chi connectivity index (χ1v) is 15.7. The molecule has 4 nitrogen and oxygen atoms in total. The fourth-order valence-electron chi connectivity index (χ4n) is 7.31. The van der Waals surface area contributed by atoms with Gasteiger partial charge in [0.05, 0.1) is 28.1 Å². The average Bonchev–Trinajstić information content (AvgIpc) is 3.80. The Balaban J connectivity index is 1.30. The van der Waals surface area contributed by atoms with Gasteiger partial charge < -0.3 is 13.4 Å². The number of para-hydroxylation sites is 3. The van der Waals surface area contributed by atoms with Gasteiger partial charge in [0, 0.05) is 32.6 Å². The third kappa shape index (κ3) is 3.75. The molecule has 3 aromatic heterocycles. The van der Waals surface area contributed by atoms with E-state index in [1.807, 2.05) is 54.6 Å². The Morgan fingerprint density at radius 2 is 1.15 bits per heavy atom. The maximum Gasteiger partial charge on any atom is 0.145 e. The molecule has 47 heavy (non-hydrogen) atoms. The van der Waals surface area contributed by atoms with Crippen LogP contribution in [-0.4, -0.2) is 4.57 Å². The van der Waals surface area contributed by atoms with E-state index in [2.05, 4.69) is 102 Å². The van der Waals surface area contributed by atoms with E-state index in [1.165, 1.54) is 0 Å². The van der Waals surface area contributed by atoms with Gasteiger partial charge in [0.25, 0.3) is 0 Å². The molecule has 10 aromatic rings. The zero-order valence-electron chi connectivity index (χ0n) is 25.1. The van der Waals surface area contributed by atoms with Crippen LogP contribution in [0.4, 0.5) is 0 Å². The van der Waals surface area contributed by atoms with E-state index in [9.17, 15) is 5.26 Å². The van der Waals surface area contributed by atoms with Gasteiger partial charge in [-0.25, -0.2) is 0 Å². The molecule has 0 saturated heterocycles. The zero-order valence-corrected chi connectivity index (χ0v) is 25.1. The van der Waals surface area contributed by atoms with Crippen molar-refractivity contribution in [2.45, 2.75) is 0 Å². The van der Waals surface area contributed by atoms with Crippen molar-refractivity contribution in [2.75, 3.05) is 0 Å². The van der Waals surface area contributed by atoms with E-state index in [4.69, 9.17) is 8.83 Å². The van der Waals surface area contributed by atoms with Crippen molar-refractivity contribution in [3.63, 3.8) is 0 Å². The molecular formula is C43H24N2O2. The summed E-state index contributed by atoms with van der Waals surface area (Å²) < 4.78 is 15.0. The lowest BCUT2D eigenvalue weighted by atomic mass is 9.94. The second-order valence-corrected chi connectivity index (χ2v) is 12.0. The Bertz CT molecular complexity index is 2930. The Kier molecular flexibility index (Phi) is 5.32. The first-order chi connectivity index (χ1) is 23.2. The molecular weight excluding hydrogens is 576 g/mol. The number of benzene rings is 7. The highest BCUT2D eigenvalue weighted by Crippen LogP contribution is 2.42. The molecule has 0 unspecified atom stereocenters. The number of aromatic nitrogens is 1. The molecule has 0 bridgehead atoms. The van der Waals surface area contributed by atoms with Crippen molar-refractivity contribution >= 4 is 65.7 Å². The molecule has 0 atom stereocenters. The molecule has 0 aliphatic carbocycles. The number of nitriles is 1. The summed E-state index contributed by atoms with van der Waals surface area (Å²) >= 11 is 0. The summed E-state index contributed by atoms with van der Waals surface area (Å²) in [7, 11) is 0. The quantitative estimate of drug-likeness (QED) is 0.203. The monoisotopic (exact) mass is 600 g/mol. The first-order valence-electron chi connectivity index (χ1n) is 15.7. The summed E-state index contributed by atoms with van der Waals surface area (Å²) in [4.78, 5) is 0. The Hall–Kier alpha value is -6.57. The van der Waals surface area contributed by atoms with E-state index in [1.54, 1.807) is 0 Å². The fraction of sp³-hybridized carbons (Fsp3) is 0. The zero-order chi connectivity index (χ0) is 31.1. The van der Waals surface area contributed by atoms with Crippen molar-refractivity contribution in [1.82, 2.24) is 4.57 Å². The first kappa shape index (κ1) is 25.7. The third-order valence-corrected chi connectivity index (χ3v) is 9.42. The van der Waals surface area contributed by atoms with Crippen LogP contribution in [0.5, 0.6) is 0 Å². The lowest BCUT2D eigenvalue weighted by molar-refractivity contribution is 0.669. The van der Waals surface area contributed by atoms with Crippen LogP contribution in [0.3, 0.4) is 0 Å². The van der Waals surface area contributed by atoms with Crippen LogP contribution in [-0.2, 0) is 0 Å². The maximum atomic E-state index is 10.1. The number of hydrogen-bond acceptors (Lipinski definition) is 3. The van der Waals surface area contributed by atoms with Gasteiger partial charge in [-0.3, -0.25) is 0 Å². The number of fused-ring (bicyclic) bond motifs is 10. The van der Waals surface area contributed by atoms with Crippen LogP contribution in [0, 0.1) is 11.3 Å². The van der Waals surface area contributed by atoms with Crippen LogP contribution < -0.4 is 0 Å². The normalized spacial score (nSPS) is 11.8. The van der Waals surface area contributed by atoms with Gasteiger partial charge in [0.15, 0.2) is 0 Å². The highest BCUT2D eigenvalue weighted by atomic mass is 16.3. The minimum atomic E-state index is 0.637. The Labute approximate surface area is 268 Å². The van der Waals surface area contributed by atoms with Gasteiger partial charge in [-0.2, -0.15) is 5.26 Å². The van der Waals surface area contributed by atoms with Crippen LogP contribution in [0.1, 0.15) is 5.56 Å². The van der Waals surface area contributed by atoms with Gasteiger partial charge in [0.2, 0.25) is 0 Å². The average molecular weight is 601 g/mol. The van der Waals surface area contributed by atoms with Crippen LogP contribution in [0.2, 0.25) is 0 Å². The van der Waals surface area contributed by atoms with Crippen molar-refractivity contribution in [3.8, 4) is 34.0 Å². The molecule has 218 valence electrons. The minimum absolute atomic E-state index is 0.637. The van der Waals surface area contributed by atoms with Gasteiger partial charge in [-0.15, -0.1) is 0 Å². The standard InChI is InChI=1S/C43H24N2O2/c44-25-27-9-1-2-10-31(27)29-21-28(26-17-20-41-36(24-26)33-12-5-7-15-39(33)46-41)22-30(23-29)45-37-14-6-3-13-35(37)42-38(45)19-18-34-32-11-4-8-16-40(32)47-43(34)42/h1-24H. The SMILES string of the molecule is N#Cc1ccccc1-c1cc(-c2ccc3oc4ccccc4c3c2)cc(-n2c3ccccc3c3c4oc5ccccc5c4ccc32)c1. The molecule has 0 aliphatic heterocycles. The predicted molar refractivity (Wildman–Crippen MR) is 191 cm³/mol. The van der Waals surface area contributed by atoms with Gasteiger partial charge in [-0.1, -0.05) is 78.9 Å². The smallest absolute Gasteiger partial charge is 0.145 e. The van der Waals surface area contributed by atoms with Crippen molar-refractivity contribution in [2.24, 2.45) is 0 Å². The molecule has 4 heteroatoms. The van der Waals surface area contributed by atoms with E-state index in [-0.39, 0.29) is 0 Å². The molecule has 0 fully saturated rings. The summed E-state index contributed by atoms with van der Waals surface area (Å²) in [6.07, 6.45) is 0. The number of rotatable bonds is 3. The van der Waals surface area contributed by atoms with Crippen molar-refractivity contribution < 1.29 is 8.83 Å². The lowest BCUT2D eigenvalue weighted by Crippen LogP contribution is -1.96. The summed E-state index contributed by atoms with van der Waals surface area (Å²) in [5, 5.41) is 16.7. The predicted octanol–water partition coefficient (Wildman–Crippen LogP) is 11.8. The molecule has 0 radical (unpaired) electrons. The molecule has 0 saturated carbocycles. The largest absolute Gasteiger partial charge is 0.456 e. The minimum Gasteiger partial charge on any atom is -0.456 e. The fourth-order valence-corrected chi connectivity index (χ4v) is 7.31. The Morgan fingerprint density at radius 3 is 2.00 bits per heavy atom. The summed E-state index contributed by atoms with van der Waals surface area (Å²) in [6.45, 7) is 0. The molecule has 0 spiro atoms. The van der Waals surface area contributed by atoms with Gasteiger partial charge in [-0.05, 0) is 89.0 Å². The van der Waals surface area contributed by atoms with E-state index < -0.39 is 0 Å². The number of furan rings is 2. The molecule has 3 heterocycles. The summed E-state index contributed by atoms with van der Waals surface area (Å²) in [5.74, 6) is 0. The van der Waals surface area contributed by atoms with Crippen LogP contribution >= 0.6 is 0 Å². The summed E-state index contributed by atoms with van der Waals surface area (Å²) in [5.41, 5.74) is 11.3. The van der Waals surface area contributed by atoms with Crippen LogP contribution in [0.15, 0.2) is 154 Å². The second-order valence-electron chi connectivity index (χ2n) is 12.0. The summed E-state index contributed by atoms with van der Waals surface area (Å²) in [6, 6.07) is 52.5. The highest BCUT2D eigenvalue weighted by Gasteiger charge is 2.20. The second kappa shape index (κ2) is 9.71. The number of hydrogen-bond donors (Lipinski definition) is 0. The lowest BCUT2D eigenvalue weighted by Gasteiger charge is -2.14. The topological polar surface area (TPSA) is 55.0 Å². The number of nitrogens with zero attached hydrogens (tertiary/aromatic N) is 2. The van der Waals surface area contributed by atoms with E-state index >= 15 is 0 Å². The molecule has 7 aromatic carbocycles. The maximum absolute atomic E-state index is 10.1. The van der Waals surface area contributed by atoms with Crippen molar-refractivity contribution in [1.29, 1.82) is 5.26 Å². The Morgan fingerprint density at radius 1 is 0.468 bits per heavy atom.